The molecule has 9 heteroatoms. The molecule has 1 aliphatic rings. The molecular weight excluding hydrogens is 409 g/mol. The van der Waals surface area contributed by atoms with E-state index in [1.54, 1.807) is 30.1 Å². The van der Waals surface area contributed by atoms with Crippen LogP contribution in [0.15, 0.2) is 29.3 Å². The number of aromatic nitrogens is 2. The number of halogens is 2. The lowest BCUT2D eigenvalue weighted by atomic mass is 10.2. The number of likely N-dealkylation sites (N-methyl/N-ethyl adjacent to an activating group) is 1. The Labute approximate surface area is 182 Å². The topological polar surface area (TPSA) is 73.9 Å². The van der Waals surface area contributed by atoms with Gasteiger partial charge in [0.2, 0.25) is 11.9 Å². The lowest BCUT2D eigenvalue weighted by Gasteiger charge is -2.33. The molecule has 0 bridgehead atoms. The third-order valence-corrected chi connectivity index (χ3v) is 5.72. The standard InChI is InChI=1S/C20H27Cl2N7/c1-4-28-7-9-29(10-8-28)13-16-11-14(2)24-20(26-16)27(3)19(23)25-15-5-6-17(21)18(22)12-15/h5-6,11-12H,4,7-10,13H2,1-3H3,(H2,23,25). The first kappa shape index (κ1) is 21.8. The van der Waals surface area contributed by atoms with Gasteiger partial charge in [-0.3, -0.25) is 9.80 Å². The van der Waals surface area contributed by atoms with Gasteiger partial charge in [0.05, 0.1) is 21.4 Å². The third kappa shape index (κ3) is 5.79. The molecule has 0 spiro atoms. The fourth-order valence-corrected chi connectivity index (χ4v) is 3.50. The van der Waals surface area contributed by atoms with Gasteiger partial charge in [-0.15, -0.1) is 0 Å². The van der Waals surface area contributed by atoms with E-state index in [4.69, 9.17) is 33.9 Å². The minimum atomic E-state index is 0.275. The van der Waals surface area contributed by atoms with Crippen molar-refractivity contribution in [2.75, 3.05) is 44.7 Å². The quantitative estimate of drug-likeness (QED) is 0.573. The molecule has 0 unspecified atom stereocenters. The van der Waals surface area contributed by atoms with Crippen molar-refractivity contribution in [3.05, 3.63) is 45.7 Å². The molecule has 29 heavy (non-hydrogen) atoms. The number of nitrogens with zero attached hydrogens (tertiary/aromatic N) is 6. The van der Waals surface area contributed by atoms with Crippen molar-refractivity contribution in [2.24, 2.45) is 10.7 Å². The molecule has 1 aliphatic heterocycles. The van der Waals surface area contributed by atoms with Crippen LogP contribution in [0.1, 0.15) is 18.3 Å². The van der Waals surface area contributed by atoms with Crippen LogP contribution in [-0.2, 0) is 6.54 Å². The summed E-state index contributed by atoms with van der Waals surface area (Å²) in [5.41, 5.74) is 8.68. The van der Waals surface area contributed by atoms with Crippen molar-refractivity contribution in [3.63, 3.8) is 0 Å². The van der Waals surface area contributed by atoms with Gasteiger partial charge >= 0.3 is 0 Å². The van der Waals surface area contributed by atoms with E-state index in [1.165, 1.54) is 0 Å². The predicted octanol–water partition coefficient (Wildman–Crippen LogP) is 3.31. The van der Waals surface area contributed by atoms with Crippen molar-refractivity contribution in [3.8, 4) is 0 Å². The molecule has 1 aromatic heterocycles. The maximum absolute atomic E-state index is 6.19. The third-order valence-electron chi connectivity index (χ3n) is 4.98. The van der Waals surface area contributed by atoms with Gasteiger partial charge in [-0.2, -0.15) is 0 Å². The van der Waals surface area contributed by atoms with Crippen LogP contribution in [0.25, 0.3) is 0 Å². The van der Waals surface area contributed by atoms with E-state index in [1.807, 2.05) is 13.0 Å². The summed E-state index contributed by atoms with van der Waals surface area (Å²) in [5.74, 6) is 0.796. The Morgan fingerprint density at radius 3 is 2.45 bits per heavy atom. The zero-order chi connectivity index (χ0) is 21.0. The molecular formula is C20H27Cl2N7. The lowest BCUT2D eigenvalue weighted by Crippen LogP contribution is -2.45. The highest BCUT2D eigenvalue weighted by Gasteiger charge is 2.17. The molecule has 1 aromatic carbocycles. The Bertz CT molecular complexity index is 879. The van der Waals surface area contributed by atoms with Crippen LogP contribution in [0.2, 0.25) is 10.0 Å². The van der Waals surface area contributed by atoms with Crippen molar-refractivity contribution in [1.82, 2.24) is 19.8 Å². The number of nitrogens with two attached hydrogens (primary N) is 1. The summed E-state index contributed by atoms with van der Waals surface area (Å²) in [5, 5.41) is 0.907. The largest absolute Gasteiger partial charge is 0.369 e. The Morgan fingerprint density at radius 2 is 1.79 bits per heavy atom. The molecule has 2 N–H and O–H groups in total. The average Bonchev–Trinajstić information content (AvgIpc) is 2.70. The SMILES string of the molecule is CCN1CCN(Cc2cc(C)nc(N(C)C(N)=Nc3ccc(Cl)c(Cl)c3)n2)CC1. The first-order valence-corrected chi connectivity index (χ1v) is 10.4. The van der Waals surface area contributed by atoms with Crippen LogP contribution < -0.4 is 10.6 Å². The maximum Gasteiger partial charge on any atom is 0.232 e. The Kier molecular flexibility index (Phi) is 7.29. The smallest absolute Gasteiger partial charge is 0.232 e. The number of guanidine groups is 1. The normalized spacial score (nSPS) is 16.2. The van der Waals surface area contributed by atoms with E-state index in [0.29, 0.717) is 21.7 Å². The van der Waals surface area contributed by atoms with E-state index < -0.39 is 0 Å². The highest BCUT2D eigenvalue weighted by atomic mass is 35.5. The van der Waals surface area contributed by atoms with E-state index in [9.17, 15) is 0 Å². The van der Waals surface area contributed by atoms with E-state index in [2.05, 4.69) is 26.7 Å². The highest BCUT2D eigenvalue weighted by Crippen LogP contribution is 2.26. The van der Waals surface area contributed by atoms with Gasteiger partial charge in [0.1, 0.15) is 0 Å². The molecule has 2 heterocycles. The first-order chi connectivity index (χ1) is 13.9. The van der Waals surface area contributed by atoms with Gasteiger partial charge < -0.3 is 10.6 Å². The number of anilines is 1. The fraction of sp³-hybridized carbons (Fsp3) is 0.450. The van der Waals surface area contributed by atoms with Gasteiger partial charge in [-0.25, -0.2) is 15.0 Å². The summed E-state index contributed by atoms with van der Waals surface area (Å²) in [6, 6.07) is 7.14. The molecule has 0 amide bonds. The minimum absolute atomic E-state index is 0.275. The van der Waals surface area contributed by atoms with Gasteiger partial charge in [0.15, 0.2) is 0 Å². The molecule has 0 saturated carbocycles. The van der Waals surface area contributed by atoms with Crippen molar-refractivity contribution in [2.45, 2.75) is 20.4 Å². The molecule has 0 atom stereocenters. The van der Waals surface area contributed by atoms with E-state index in [0.717, 1.165) is 50.7 Å². The van der Waals surface area contributed by atoms with Crippen LogP contribution in [0.5, 0.6) is 0 Å². The summed E-state index contributed by atoms with van der Waals surface area (Å²) < 4.78 is 0. The second-order valence-electron chi connectivity index (χ2n) is 7.14. The van der Waals surface area contributed by atoms with Gasteiger partial charge in [-0.05, 0) is 37.7 Å². The molecule has 156 valence electrons. The highest BCUT2D eigenvalue weighted by molar-refractivity contribution is 6.42. The number of aryl methyl sites for hydroxylation is 1. The molecule has 0 radical (unpaired) electrons. The minimum Gasteiger partial charge on any atom is -0.369 e. The fourth-order valence-electron chi connectivity index (χ4n) is 3.20. The maximum atomic E-state index is 6.19. The van der Waals surface area contributed by atoms with Crippen LogP contribution in [0, 0.1) is 6.92 Å². The molecule has 1 fully saturated rings. The molecule has 7 nitrogen and oxygen atoms in total. The second kappa shape index (κ2) is 9.71. The number of piperazine rings is 1. The number of hydrogen-bond donors (Lipinski definition) is 1. The number of rotatable bonds is 5. The predicted molar refractivity (Wildman–Crippen MR) is 120 cm³/mol. The second-order valence-corrected chi connectivity index (χ2v) is 7.95. The Balaban J connectivity index is 1.74. The van der Waals surface area contributed by atoms with Gasteiger partial charge in [-0.1, -0.05) is 30.1 Å². The number of hydrogen-bond acceptors (Lipinski definition) is 5. The summed E-state index contributed by atoms with van der Waals surface area (Å²) >= 11 is 12.0. The van der Waals surface area contributed by atoms with Crippen molar-refractivity contribution in [1.29, 1.82) is 0 Å². The zero-order valence-electron chi connectivity index (χ0n) is 17.1. The van der Waals surface area contributed by atoms with Crippen LogP contribution in [0.3, 0.4) is 0 Å². The monoisotopic (exact) mass is 435 g/mol. The van der Waals surface area contributed by atoms with Gasteiger partial charge in [0.25, 0.3) is 0 Å². The van der Waals surface area contributed by atoms with Crippen LogP contribution in [0.4, 0.5) is 11.6 Å². The van der Waals surface area contributed by atoms with Crippen LogP contribution >= 0.6 is 23.2 Å². The molecule has 2 aromatic rings. The number of benzene rings is 1. The van der Waals surface area contributed by atoms with Crippen molar-refractivity contribution < 1.29 is 0 Å². The van der Waals surface area contributed by atoms with Crippen molar-refractivity contribution >= 4 is 40.8 Å². The molecule has 3 rings (SSSR count). The summed E-state index contributed by atoms with van der Waals surface area (Å²) in [6.07, 6.45) is 0. The first-order valence-electron chi connectivity index (χ1n) is 9.68. The van der Waals surface area contributed by atoms with E-state index >= 15 is 0 Å². The number of aliphatic imine (C=N–C) groups is 1. The molecule has 0 aliphatic carbocycles. The summed E-state index contributed by atoms with van der Waals surface area (Å²) in [6.45, 7) is 10.3. The summed E-state index contributed by atoms with van der Waals surface area (Å²) in [7, 11) is 1.80. The lowest BCUT2D eigenvalue weighted by molar-refractivity contribution is 0.131. The Hall–Kier alpha value is -1.93. The Morgan fingerprint density at radius 1 is 1.10 bits per heavy atom. The average molecular weight is 436 g/mol. The van der Waals surface area contributed by atoms with Crippen LogP contribution in [-0.4, -0.2) is 65.5 Å². The van der Waals surface area contributed by atoms with E-state index in [-0.39, 0.29) is 5.96 Å². The zero-order valence-corrected chi connectivity index (χ0v) is 18.6. The van der Waals surface area contributed by atoms with Gasteiger partial charge in [0, 0.05) is 45.5 Å². The molecule has 1 saturated heterocycles. The summed E-state index contributed by atoms with van der Waals surface area (Å²) in [4.78, 5) is 20.2.